The molecule has 1 heterocycles. The molecular weight excluding hydrogens is 554 g/mol. The van der Waals surface area contributed by atoms with E-state index in [0.29, 0.717) is 19.3 Å². The summed E-state index contributed by atoms with van der Waals surface area (Å²) in [5.74, 6) is -4.84. The highest BCUT2D eigenvalue weighted by Crippen LogP contribution is 2.41. The normalized spacial score (nSPS) is 23.0. The number of Topliss-reactive ketones (excluding diaryl/α,β-unsaturated/α-hetero) is 2. The molecule has 5 atom stereocenters. The van der Waals surface area contributed by atoms with E-state index in [1.165, 1.54) is 0 Å². The SMILES string of the molecule is CCC[C@H](NC(=O)[C@@H]1CC2CCCCC2N1C(=O)[C@@H](NC(=O)CNC(=O)C(=O)C(C)C)C(C)(C)C)C(=O)C(=O)NC1CC1. The Labute approximate surface area is 254 Å². The molecule has 0 aromatic rings. The van der Waals surface area contributed by atoms with Gasteiger partial charge in [-0.3, -0.25) is 33.6 Å². The minimum atomic E-state index is -1.02. The molecule has 4 N–H and O–H groups in total. The maximum atomic E-state index is 14.3. The lowest BCUT2D eigenvalue weighted by Crippen LogP contribution is -2.61. The Balaban J connectivity index is 1.79. The number of nitrogens with one attached hydrogen (secondary N) is 4. The Morgan fingerprint density at radius 3 is 2.09 bits per heavy atom. The smallest absolute Gasteiger partial charge is 0.289 e. The van der Waals surface area contributed by atoms with E-state index in [9.17, 15) is 33.6 Å². The molecule has 12 nitrogen and oxygen atoms in total. The summed E-state index contributed by atoms with van der Waals surface area (Å²) >= 11 is 0. The van der Waals surface area contributed by atoms with Crippen LogP contribution >= 0.6 is 0 Å². The first kappa shape index (κ1) is 34.2. The van der Waals surface area contributed by atoms with Gasteiger partial charge in [0.2, 0.25) is 29.3 Å². The highest BCUT2D eigenvalue weighted by atomic mass is 16.2. The van der Waals surface area contributed by atoms with Gasteiger partial charge in [-0.25, -0.2) is 0 Å². The number of amides is 5. The second-order valence-electron chi connectivity index (χ2n) is 13.6. The first-order valence-corrected chi connectivity index (χ1v) is 15.7. The molecule has 1 aliphatic heterocycles. The number of hydrogen-bond donors (Lipinski definition) is 4. The van der Waals surface area contributed by atoms with E-state index in [1.807, 2.05) is 6.92 Å². The van der Waals surface area contributed by atoms with Crippen LogP contribution in [-0.2, 0) is 33.6 Å². The largest absolute Gasteiger partial charge is 0.347 e. The van der Waals surface area contributed by atoms with E-state index in [4.69, 9.17) is 0 Å². The fraction of sp³-hybridized carbons (Fsp3) is 0.774. The average Bonchev–Trinajstić information content (AvgIpc) is 3.68. The molecule has 0 radical (unpaired) electrons. The van der Waals surface area contributed by atoms with Gasteiger partial charge in [0.1, 0.15) is 12.1 Å². The summed E-state index contributed by atoms with van der Waals surface area (Å²) in [6.45, 7) is 9.96. The van der Waals surface area contributed by atoms with Crippen molar-refractivity contribution in [1.29, 1.82) is 0 Å². The molecule has 0 aromatic heterocycles. The van der Waals surface area contributed by atoms with Crippen LogP contribution in [0, 0.1) is 17.3 Å². The van der Waals surface area contributed by atoms with Crippen LogP contribution in [-0.4, -0.2) is 82.8 Å². The molecule has 2 unspecified atom stereocenters. The first-order valence-electron chi connectivity index (χ1n) is 15.7. The zero-order valence-electron chi connectivity index (χ0n) is 26.4. The van der Waals surface area contributed by atoms with E-state index < -0.39 is 77.1 Å². The highest BCUT2D eigenvalue weighted by Gasteiger charge is 2.51. The number of rotatable bonds is 13. The van der Waals surface area contributed by atoms with Crippen LogP contribution in [0.15, 0.2) is 0 Å². The molecule has 3 rings (SSSR count). The van der Waals surface area contributed by atoms with Crippen molar-refractivity contribution in [2.24, 2.45) is 17.3 Å². The average molecular weight is 604 g/mol. The molecule has 0 aromatic carbocycles. The third-order valence-corrected chi connectivity index (χ3v) is 8.57. The number of carbonyl (C=O) groups excluding carboxylic acids is 7. The fourth-order valence-corrected chi connectivity index (χ4v) is 6.00. The third-order valence-electron chi connectivity index (χ3n) is 8.57. The Bertz CT molecular complexity index is 1110. The number of likely N-dealkylation sites (tertiary alicyclic amines) is 1. The van der Waals surface area contributed by atoms with Gasteiger partial charge in [-0.05, 0) is 49.9 Å². The van der Waals surface area contributed by atoms with E-state index >= 15 is 0 Å². The molecule has 12 heteroatoms. The van der Waals surface area contributed by atoms with Crippen LogP contribution in [0.4, 0.5) is 0 Å². The maximum Gasteiger partial charge on any atom is 0.289 e. The monoisotopic (exact) mass is 603 g/mol. The van der Waals surface area contributed by atoms with Crippen molar-refractivity contribution >= 4 is 41.1 Å². The van der Waals surface area contributed by atoms with Gasteiger partial charge in [-0.1, -0.05) is 60.8 Å². The molecule has 1 saturated heterocycles. The summed E-state index contributed by atoms with van der Waals surface area (Å²) in [7, 11) is 0. The Kier molecular flexibility index (Phi) is 11.5. The van der Waals surface area contributed by atoms with Crippen LogP contribution in [0.2, 0.25) is 0 Å². The van der Waals surface area contributed by atoms with Gasteiger partial charge in [0.05, 0.1) is 12.6 Å². The van der Waals surface area contributed by atoms with Gasteiger partial charge in [0.25, 0.3) is 11.8 Å². The van der Waals surface area contributed by atoms with Crippen molar-refractivity contribution in [3.8, 4) is 0 Å². The van der Waals surface area contributed by atoms with Gasteiger partial charge in [0, 0.05) is 18.0 Å². The van der Waals surface area contributed by atoms with Crippen molar-refractivity contribution in [2.75, 3.05) is 6.54 Å². The van der Waals surface area contributed by atoms with Crippen molar-refractivity contribution in [1.82, 2.24) is 26.2 Å². The van der Waals surface area contributed by atoms with Crippen molar-refractivity contribution in [3.05, 3.63) is 0 Å². The van der Waals surface area contributed by atoms with E-state index in [0.717, 1.165) is 38.5 Å². The predicted octanol–water partition coefficient (Wildman–Crippen LogP) is 1.15. The summed E-state index contributed by atoms with van der Waals surface area (Å²) < 4.78 is 0. The molecule has 2 aliphatic carbocycles. The van der Waals surface area contributed by atoms with Gasteiger partial charge >= 0.3 is 0 Å². The molecule has 43 heavy (non-hydrogen) atoms. The van der Waals surface area contributed by atoms with Crippen molar-refractivity contribution in [2.45, 2.75) is 130 Å². The minimum absolute atomic E-state index is 0.00838. The Hall–Kier alpha value is -3.31. The zero-order valence-corrected chi connectivity index (χ0v) is 26.4. The molecule has 0 spiro atoms. The van der Waals surface area contributed by atoms with E-state index in [-0.39, 0.29) is 18.0 Å². The second kappa shape index (κ2) is 14.4. The van der Waals surface area contributed by atoms with Crippen molar-refractivity contribution in [3.63, 3.8) is 0 Å². The van der Waals surface area contributed by atoms with Crippen LogP contribution < -0.4 is 21.3 Å². The summed E-state index contributed by atoms with van der Waals surface area (Å²) in [4.78, 5) is 92.0. The minimum Gasteiger partial charge on any atom is -0.347 e. The number of nitrogens with zero attached hydrogens (tertiary/aromatic N) is 1. The molecule has 240 valence electrons. The van der Waals surface area contributed by atoms with E-state index in [1.54, 1.807) is 39.5 Å². The number of ketones is 2. The summed E-state index contributed by atoms with van der Waals surface area (Å²) in [6, 6.07) is -3.06. The molecule has 3 fully saturated rings. The molecule has 3 aliphatic rings. The molecular formula is C31H49N5O7. The molecule has 2 saturated carbocycles. The first-order chi connectivity index (χ1) is 20.1. The van der Waals surface area contributed by atoms with Crippen LogP contribution in [0.5, 0.6) is 0 Å². The fourth-order valence-electron chi connectivity index (χ4n) is 6.00. The number of fused-ring (bicyclic) bond motifs is 1. The van der Waals surface area contributed by atoms with Gasteiger partial charge < -0.3 is 26.2 Å². The quantitative estimate of drug-likeness (QED) is 0.229. The van der Waals surface area contributed by atoms with Gasteiger partial charge in [0.15, 0.2) is 0 Å². The maximum absolute atomic E-state index is 14.3. The predicted molar refractivity (Wildman–Crippen MR) is 158 cm³/mol. The number of hydrogen-bond acceptors (Lipinski definition) is 7. The lowest BCUT2D eigenvalue weighted by atomic mass is 9.83. The lowest BCUT2D eigenvalue weighted by Gasteiger charge is -2.39. The van der Waals surface area contributed by atoms with Crippen LogP contribution in [0.25, 0.3) is 0 Å². The van der Waals surface area contributed by atoms with Gasteiger partial charge in [-0.15, -0.1) is 0 Å². The summed E-state index contributed by atoms with van der Waals surface area (Å²) in [5, 5.41) is 10.5. The summed E-state index contributed by atoms with van der Waals surface area (Å²) in [6.07, 6.45) is 6.44. The van der Waals surface area contributed by atoms with Gasteiger partial charge in [-0.2, -0.15) is 0 Å². The van der Waals surface area contributed by atoms with Crippen molar-refractivity contribution < 1.29 is 33.6 Å². The third kappa shape index (κ3) is 8.86. The topological polar surface area (TPSA) is 171 Å². The molecule has 5 amide bonds. The second-order valence-corrected chi connectivity index (χ2v) is 13.6. The van der Waals surface area contributed by atoms with Crippen LogP contribution in [0.1, 0.15) is 99.3 Å². The summed E-state index contributed by atoms with van der Waals surface area (Å²) in [5.41, 5.74) is -0.750. The van der Waals surface area contributed by atoms with E-state index in [2.05, 4.69) is 21.3 Å². The standard InChI is InChI=1S/C31H49N5O7/c1-7-10-20(25(39)29(42)33-19-13-14-19)34-27(40)22-15-18-11-8-9-12-21(18)36(22)30(43)26(31(4,5)6)35-23(37)16-32-28(41)24(38)17(2)3/h17-22,26H,7-16H2,1-6H3,(H,32,41)(H,33,42)(H,34,40)(H,35,37)/t18?,20-,21?,22-,26+/m0/s1. The highest BCUT2D eigenvalue weighted by molar-refractivity contribution is 6.38. The number of carbonyl (C=O) groups is 7. The Morgan fingerprint density at radius 1 is 0.860 bits per heavy atom. The lowest BCUT2D eigenvalue weighted by molar-refractivity contribution is -0.147. The van der Waals surface area contributed by atoms with Crippen LogP contribution in [0.3, 0.4) is 0 Å². The molecule has 0 bridgehead atoms. The Morgan fingerprint density at radius 2 is 1.51 bits per heavy atom. The zero-order chi connectivity index (χ0) is 32.1.